The van der Waals surface area contributed by atoms with E-state index in [9.17, 15) is 0 Å². The second-order valence-corrected chi connectivity index (χ2v) is 22.6. The maximum atomic E-state index is 4.97. The van der Waals surface area contributed by atoms with Gasteiger partial charge in [-0.05, 0) is 151 Å². The van der Waals surface area contributed by atoms with Crippen LogP contribution in [0.3, 0.4) is 0 Å². The lowest BCUT2D eigenvalue weighted by molar-refractivity contribution is 0.389. The highest BCUT2D eigenvalue weighted by molar-refractivity contribution is 7.11. The molecule has 27 nitrogen and oxygen atoms in total. The molecule has 0 aromatic carbocycles. The topological polar surface area (TPSA) is 346 Å². The fourth-order valence-corrected chi connectivity index (χ4v) is 7.60. The van der Waals surface area contributed by atoms with Crippen LogP contribution < -0.4 is 0 Å². The number of hydrogen-bond donors (Lipinski definition) is 2. The molecule has 11 aromatic heterocycles. The molecular weight excluding hydrogens is 1360 g/mol. The molecule has 2 aliphatic heterocycles. The molecule has 29 heteroatoms. The molecule has 0 fully saturated rings. The summed E-state index contributed by atoms with van der Waals surface area (Å²) in [6.45, 7) is 48.6. The van der Waals surface area contributed by atoms with Gasteiger partial charge in [-0.25, -0.2) is 29.9 Å². The number of oxazole rings is 2. The number of aliphatic imine (C=N–C) groups is 2. The summed E-state index contributed by atoms with van der Waals surface area (Å²) in [5.74, 6) is 10.2. The van der Waals surface area contributed by atoms with Crippen molar-refractivity contribution in [1.82, 2.24) is 95.7 Å². The summed E-state index contributed by atoms with van der Waals surface area (Å²) in [4.78, 5) is 42.7. The molecule has 13 heterocycles. The molecular formula is C75H145N21O6S2. The zero-order chi connectivity index (χ0) is 68.6. The molecule has 0 atom stereocenters. The quantitative estimate of drug-likeness (QED) is 0.142. The number of hydrogen-bond acceptors (Lipinski definition) is 26. The van der Waals surface area contributed by atoms with Gasteiger partial charge < -0.3 is 31.9 Å². The minimum Gasteiger partial charge on any atom is -0.449 e. The van der Waals surface area contributed by atoms with E-state index >= 15 is 0 Å². The highest BCUT2D eigenvalue weighted by Crippen LogP contribution is 2.08. The first-order valence-corrected chi connectivity index (χ1v) is 30.3. The minimum absolute atomic E-state index is 0. The molecule has 0 amide bonds. The molecule has 2 aliphatic rings. The van der Waals surface area contributed by atoms with E-state index in [2.05, 4.69) is 134 Å². The molecule has 104 heavy (non-hydrogen) atoms. The first-order valence-electron chi connectivity index (χ1n) is 28.6. The van der Waals surface area contributed by atoms with Crippen molar-refractivity contribution in [3.63, 3.8) is 0 Å². The number of H-pyrrole nitrogens is 2. The van der Waals surface area contributed by atoms with Gasteiger partial charge in [0.15, 0.2) is 23.4 Å². The smallest absolute Gasteiger partial charge is 0.223 e. The number of rotatable bonds is 0. The van der Waals surface area contributed by atoms with Gasteiger partial charge in [-0.2, -0.15) is 20.2 Å². The summed E-state index contributed by atoms with van der Waals surface area (Å²) >= 11 is 3.31. The molecule has 13 rings (SSSR count). The summed E-state index contributed by atoms with van der Waals surface area (Å²) < 4.78 is 30.1. The number of aromatic nitrogens is 19. The van der Waals surface area contributed by atoms with Gasteiger partial charge in [-0.3, -0.25) is 19.8 Å². The van der Waals surface area contributed by atoms with Crippen LogP contribution >= 0.6 is 22.7 Å². The van der Waals surface area contributed by atoms with E-state index < -0.39 is 0 Å². The monoisotopic (exact) mass is 1500 g/mol. The zero-order valence-corrected chi connectivity index (χ0v) is 59.5. The Hall–Kier alpha value is -9.38. The Morgan fingerprint density at radius 2 is 0.971 bits per heavy atom. The molecule has 598 valence electrons. The Morgan fingerprint density at radius 1 is 0.462 bits per heavy atom. The van der Waals surface area contributed by atoms with Crippen molar-refractivity contribution in [3.8, 4) is 0 Å². The lowest BCUT2D eigenvalue weighted by Crippen LogP contribution is -1.86. The molecule has 2 N–H and O–H groups in total. The maximum Gasteiger partial charge on any atom is 0.223 e. The number of nitrogens with one attached hydrogen (secondary N) is 2. The largest absolute Gasteiger partial charge is 0.449 e. The van der Waals surface area contributed by atoms with Gasteiger partial charge in [-0.1, -0.05) is 129 Å². The SMILES string of the molecule is C.C.C.C.C.C.C.C.C.C.C.C.C.CC1=CC(C)=NC1.CC1=CCC(C)=N1.Cc1cc(C)on1.Cc1cc(C)on1.Cc1cnc(C)[nH]1.Cc1cnc(C)o1.Cc1coc(C)n1.Cc1csc(C)n1.Cc1n[nH]c(C)n1.Cc1ncn(C)n1.Cc1nnc(C)s1.Cc1noc(C)n1.Cc1noc(C)n1. The van der Waals surface area contributed by atoms with E-state index in [0.29, 0.717) is 23.4 Å². The third kappa shape index (κ3) is 67.1. The maximum absolute atomic E-state index is 4.97. The van der Waals surface area contributed by atoms with Crippen molar-refractivity contribution < 1.29 is 26.9 Å². The van der Waals surface area contributed by atoms with Gasteiger partial charge in [0.25, 0.3) is 0 Å². The minimum atomic E-state index is 0. The lowest BCUT2D eigenvalue weighted by Gasteiger charge is -1.79. The third-order valence-electron chi connectivity index (χ3n) is 9.93. The highest BCUT2D eigenvalue weighted by atomic mass is 32.1. The fourth-order valence-electron chi connectivity index (χ4n) is 6.42. The van der Waals surface area contributed by atoms with E-state index in [0.717, 1.165) is 120 Å². The summed E-state index contributed by atoms with van der Waals surface area (Å²) in [6, 6.07) is 3.78. The van der Waals surface area contributed by atoms with Gasteiger partial charge in [0.2, 0.25) is 11.8 Å². The van der Waals surface area contributed by atoms with E-state index in [1.807, 2.05) is 164 Å². The van der Waals surface area contributed by atoms with Crippen molar-refractivity contribution in [2.45, 2.75) is 276 Å². The van der Waals surface area contributed by atoms with Crippen molar-refractivity contribution in [2.24, 2.45) is 17.0 Å². The number of imidazole rings is 1. The first kappa shape index (κ1) is 124. The normalized spacial score (nSPS) is 9.56. The molecule has 0 radical (unpaired) electrons. The molecule has 0 saturated carbocycles. The van der Waals surface area contributed by atoms with Crippen LogP contribution in [0, 0.1) is 145 Å². The zero-order valence-electron chi connectivity index (χ0n) is 57.9. The van der Waals surface area contributed by atoms with Crippen molar-refractivity contribution in [3.05, 3.63) is 185 Å². The van der Waals surface area contributed by atoms with Crippen LogP contribution in [0.2, 0.25) is 0 Å². The van der Waals surface area contributed by atoms with Crippen molar-refractivity contribution >= 4 is 34.1 Å². The van der Waals surface area contributed by atoms with Crippen LogP contribution in [-0.2, 0) is 7.05 Å². The van der Waals surface area contributed by atoms with Crippen LogP contribution in [0.1, 0.15) is 250 Å². The molecule has 0 spiro atoms. The number of allylic oxidation sites excluding steroid dienone is 3. The average molecular weight is 1500 g/mol. The van der Waals surface area contributed by atoms with Gasteiger partial charge in [-0.15, -0.1) is 32.9 Å². The Bertz CT molecular complexity index is 2880. The van der Waals surface area contributed by atoms with Crippen LogP contribution in [0.5, 0.6) is 0 Å². The first-order chi connectivity index (χ1) is 42.7. The Morgan fingerprint density at radius 3 is 1.08 bits per heavy atom. The Labute approximate surface area is 638 Å². The molecule has 0 saturated heterocycles. The average Bonchev–Trinajstić information content (AvgIpc) is 4.16. The van der Waals surface area contributed by atoms with Gasteiger partial charge >= 0.3 is 0 Å². The Balaban J connectivity index is -0.0000000776. The molecule has 11 aromatic rings. The number of aromatic amines is 2. The number of nitrogens with zero attached hydrogens (tertiary/aromatic N) is 19. The number of aryl methyl sites for hydroxylation is 22. The van der Waals surface area contributed by atoms with Gasteiger partial charge in [0.05, 0.1) is 34.8 Å². The summed E-state index contributed by atoms with van der Waals surface area (Å²) in [5.41, 5.74) is 10.0. The van der Waals surface area contributed by atoms with E-state index in [4.69, 9.17) is 17.9 Å². The van der Waals surface area contributed by atoms with E-state index in [1.54, 1.807) is 73.8 Å². The Kier molecular flexibility index (Phi) is 83.0. The predicted octanol–water partition coefficient (Wildman–Crippen LogP) is 22.5. The van der Waals surface area contributed by atoms with Gasteiger partial charge in [0.1, 0.15) is 63.2 Å². The fraction of sp³-hybridized carbons (Fsp3) is 0.547. The highest BCUT2D eigenvalue weighted by Gasteiger charge is 1.98. The van der Waals surface area contributed by atoms with Crippen LogP contribution in [-0.4, -0.2) is 114 Å². The summed E-state index contributed by atoms with van der Waals surface area (Å²) in [6.07, 6.45) is 12.1. The lowest BCUT2D eigenvalue weighted by atomic mass is 10.3. The molecule has 0 aliphatic carbocycles. The van der Waals surface area contributed by atoms with Crippen LogP contribution in [0.4, 0.5) is 0 Å². The van der Waals surface area contributed by atoms with Crippen LogP contribution in [0.15, 0.2) is 103 Å². The van der Waals surface area contributed by atoms with E-state index in [1.165, 1.54) is 11.3 Å². The summed E-state index contributed by atoms with van der Waals surface area (Å²) in [5, 5.41) is 37.6. The summed E-state index contributed by atoms with van der Waals surface area (Å²) in [7, 11) is 1.85. The predicted molar refractivity (Wildman–Crippen MR) is 443 cm³/mol. The van der Waals surface area contributed by atoms with Crippen LogP contribution in [0.25, 0.3) is 0 Å². The van der Waals surface area contributed by atoms with E-state index in [-0.39, 0.29) is 96.5 Å². The van der Waals surface area contributed by atoms with Gasteiger partial charge in [0, 0.05) is 93.4 Å². The van der Waals surface area contributed by atoms with Crippen molar-refractivity contribution in [1.29, 1.82) is 0 Å². The third-order valence-corrected chi connectivity index (χ3v) is 11.6. The van der Waals surface area contributed by atoms with Crippen molar-refractivity contribution in [2.75, 3.05) is 6.54 Å². The number of thiazole rings is 1. The second kappa shape index (κ2) is 69.3. The molecule has 0 bridgehead atoms. The molecule has 0 unspecified atom stereocenters. The standard InChI is InChI=1S/2C6H9N.C5H8N2.4C5H7NO.C5H7NS.2C4H7N3.2C4H6N2O.C4H6N2S.13CH4/c1-5-3-6(2)7-4-5;1-5-3-4-6(2)7-5;1-4-3-6-5(2)7-4;1-4-3-7-5(2)6-4;1-4-3-6-5(2)7-4;2*1-4-3-5(2)7-6-4;1-4-3-7-5(2)6-4;1-4-5-3-7(2)6-4;3*1-3-5-4(2)7-6-3;1-3-5-6-4(2)7-3;;;;;;;;;;;;;/h2*3H,4H2,1-2H3;3H,1-2H3,(H,6,7);6*3H,1-2H3;1-2H3,(H,5,6,7);3*1-2H3;13*1H4. The second-order valence-electron chi connectivity index (χ2n) is 20.2.